The van der Waals surface area contributed by atoms with E-state index >= 15 is 0 Å². The predicted octanol–water partition coefficient (Wildman–Crippen LogP) is 2.58. The number of rotatable bonds is 5. The van der Waals surface area contributed by atoms with Gasteiger partial charge in [0, 0.05) is 23.7 Å². The van der Waals surface area contributed by atoms with E-state index in [-0.39, 0.29) is 34.5 Å². The number of ketones is 1. The van der Waals surface area contributed by atoms with Gasteiger partial charge in [-0.3, -0.25) is 29.4 Å². The highest BCUT2D eigenvalue weighted by Crippen LogP contribution is 2.50. The largest absolute Gasteiger partial charge is 0.495 e. The zero-order valence-corrected chi connectivity index (χ0v) is 17.6. The summed E-state index contributed by atoms with van der Waals surface area (Å²) in [5.41, 5.74) is -0.0298. The summed E-state index contributed by atoms with van der Waals surface area (Å²) in [6, 6.07) is 7.68. The predicted molar refractivity (Wildman–Crippen MR) is 113 cm³/mol. The molecular formula is C23H20FN3O6. The van der Waals surface area contributed by atoms with Crippen molar-refractivity contribution >= 4 is 29.0 Å². The number of anilines is 1. The summed E-state index contributed by atoms with van der Waals surface area (Å²) in [7, 11) is 1.34. The number of hydrogen-bond donors (Lipinski definition) is 0. The molecule has 2 amide bonds. The first-order chi connectivity index (χ1) is 15.8. The number of halogens is 1. The Kier molecular flexibility index (Phi) is 4.97. The average molecular weight is 453 g/mol. The molecule has 3 saturated heterocycles. The fourth-order valence-electron chi connectivity index (χ4n) is 5.50. The molecule has 2 aromatic rings. The molecule has 170 valence electrons. The Labute approximate surface area is 187 Å². The summed E-state index contributed by atoms with van der Waals surface area (Å²) in [5, 5.41) is 11.3. The molecule has 2 aromatic carbocycles. The molecule has 0 unspecified atom stereocenters. The van der Waals surface area contributed by atoms with Crippen LogP contribution in [0.15, 0.2) is 42.5 Å². The number of ether oxygens (including phenoxy) is 1. The molecule has 0 radical (unpaired) electrons. The Morgan fingerprint density at radius 3 is 2.48 bits per heavy atom. The van der Waals surface area contributed by atoms with E-state index in [2.05, 4.69) is 0 Å². The lowest BCUT2D eigenvalue weighted by molar-refractivity contribution is -0.384. The molecule has 0 aliphatic carbocycles. The number of non-ortho nitro benzene ring substituents is 1. The third kappa shape index (κ3) is 3.12. The van der Waals surface area contributed by atoms with Crippen LogP contribution in [0.1, 0.15) is 23.2 Å². The average Bonchev–Trinajstić information content (AvgIpc) is 3.45. The van der Waals surface area contributed by atoms with E-state index in [0.717, 1.165) is 17.4 Å². The lowest BCUT2D eigenvalue weighted by Gasteiger charge is -2.28. The first kappa shape index (κ1) is 21.2. The number of nitro benzene ring substituents is 1. The van der Waals surface area contributed by atoms with Gasteiger partial charge < -0.3 is 4.74 Å². The number of hydrogen-bond acceptors (Lipinski definition) is 7. The number of amides is 2. The number of nitro groups is 1. The summed E-state index contributed by atoms with van der Waals surface area (Å²) in [5.74, 6) is -3.42. The third-order valence-electron chi connectivity index (χ3n) is 6.86. The molecule has 0 aromatic heterocycles. The second-order valence-corrected chi connectivity index (χ2v) is 8.44. The smallest absolute Gasteiger partial charge is 0.271 e. The Hall–Kier alpha value is -3.66. The number of carbonyl (C=O) groups excluding carboxylic acids is 3. The second kappa shape index (κ2) is 7.73. The number of benzene rings is 2. The summed E-state index contributed by atoms with van der Waals surface area (Å²) in [6.07, 6.45) is 1.44. The second-order valence-electron chi connectivity index (χ2n) is 8.44. The van der Waals surface area contributed by atoms with E-state index in [1.165, 1.54) is 43.5 Å². The number of carbonyl (C=O) groups is 3. The molecule has 3 aliphatic rings. The molecule has 3 heterocycles. The van der Waals surface area contributed by atoms with Crippen LogP contribution in [-0.4, -0.2) is 53.2 Å². The number of imide groups is 1. The van der Waals surface area contributed by atoms with E-state index in [0.29, 0.717) is 13.0 Å². The van der Waals surface area contributed by atoms with Crippen LogP contribution in [0.25, 0.3) is 0 Å². The first-order valence-electron chi connectivity index (χ1n) is 10.6. The van der Waals surface area contributed by atoms with Gasteiger partial charge in [0.05, 0.1) is 29.9 Å². The quantitative estimate of drug-likeness (QED) is 0.296. The Bertz CT molecular complexity index is 1180. The summed E-state index contributed by atoms with van der Waals surface area (Å²) in [4.78, 5) is 54.1. The Morgan fingerprint density at radius 2 is 1.82 bits per heavy atom. The molecule has 3 aliphatic heterocycles. The fraction of sp³-hybridized carbons (Fsp3) is 0.348. The molecule has 4 atom stereocenters. The minimum Gasteiger partial charge on any atom is -0.495 e. The van der Waals surface area contributed by atoms with E-state index in [9.17, 15) is 28.9 Å². The van der Waals surface area contributed by atoms with Crippen molar-refractivity contribution in [3.8, 4) is 5.75 Å². The van der Waals surface area contributed by atoms with Gasteiger partial charge in [0.1, 0.15) is 17.3 Å². The monoisotopic (exact) mass is 453 g/mol. The molecule has 5 rings (SSSR count). The number of methoxy groups -OCH3 is 1. The van der Waals surface area contributed by atoms with E-state index < -0.39 is 40.4 Å². The molecule has 10 heteroatoms. The van der Waals surface area contributed by atoms with Gasteiger partial charge in [-0.05, 0) is 49.7 Å². The summed E-state index contributed by atoms with van der Waals surface area (Å²) >= 11 is 0. The summed E-state index contributed by atoms with van der Waals surface area (Å²) < 4.78 is 18.7. The van der Waals surface area contributed by atoms with Crippen LogP contribution in [0.5, 0.6) is 5.75 Å². The van der Waals surface area contributed by atoms with Gasteiger partial charge in [0.25, 0.3) is 5.69 Å². The van der Waals surface area contributed by atoms with Crippen molar-refractivity contribution < 1.29 is 28.4 Å². The zero-order chi connectivity index (χ0) is 23.4. The molecule has 0 N–H and O–H groups in total. The van der Waals surface area contributed by atoms with Crippen molar-refractivity contribution in [3.63, 3.8) is 0 Å². The van der Waals surface area contributed by atoms with Gasteiger partial charge in [-0.2, -0.15) is 0 Å². The van der Waals surface area contributed by atoms with Crippen LogP contribution in [0.4, 0.5) is 15.8 Å². The van der Waals surface area contributed by atoms with Crippen molar-refractivity contribution in [1.29, 1.82) is 0 Å². The maximum Gasteiger partial charge on any atom is 0.271 e. The molecule has 0 bridgehead atoms. The molecular weight excluding hydrogens is 433 g/mol. The zero-order valence-electron chi connectivity index (χ0n) is 17.6. The van der Waals surface area contributed by atoms with Crippen molar-refractivity contribution in [2.75, 3.05) is 18.6 Å². The van der Waals surface area contributed by atoms with Gasteiger partial charge in [-0.1, -0.05) is 0 Å². The van der Waals surface area contributed by atoms with Gasteiger partial charge in [-0.15, -0.1) is 0 Å². The standard InChI is InChI=1S/C23H20FN3O6/c1-33-17-9-8-14(27(31)32)11-16(17)26-22(29)18-15-3-2-10-25(15)20(19(18)23(26)30)21(28)12-4-6-13(24)7-5-12/h4-9,11,15,18-20H,2-3,10H2,1H3/t15-,18-,19+,20+/m1/s1. The maximum absolute atomic E-state index is 13.6. The SMILES string of the molecule is COc1ccc([N+](=O)[O-])cc1N1C(=O)[C@H]2[C@H](C1=O)[C@@H](C(=O)c1ccc(F)cc1)N1CCC[C@H]21. The topological polar surface area (TPSA) is 110 Å². The van der Waals surface area contributed by atoms with Crippen LogP contribution in [0.2, 0.25) is 0 Å². The highest BCUT2D eigenvalue weighted by atomic mass is 19.1. The summed E-state index contributed by atoms with van der Waals surface area (Å²) in [6.45, 7) is 0.579. The van der Waals surface area contributed by atoms with Gasteiger partial charge in [-0.25, -0.2) is 9.29 Å². The van der Waals surface area contributed by atoms with Crippen LogP contribution in [0, 0.1) is 27.8 Å². The van der Waals surface area contributed by atoms with Gasteiger partial charge in [0.15, 0.2) is 5.78 Å². The van der Waals surface area contributed by atoms with E-state index in [1.807, 2.05) is 4.90 Å². The minimum atomic E-state index is -0.927. The normalized spacial score (nSPS) is 26.4. The first-order valence-corrected chi connectivity index (χ1v) is 10.6. The van der Waals surface area contributed by atoms with E-state index in [1.54, 1.807) is 0 Å². The van der Waals surface area contributed by atoms with Crippen LogP contribution < -0.4 is 9.64 Å². The number of fused-ring (bicyclic) bond motifs is 3. The minimum absolute atomic E-state index is 0.00590. The Morgan fingerprint density at radius 1 is 1.12 bits per heavy atom. The highest BCUT2D eigenvalue weighted by molar-refractivity contribution is 6.25. The lowest BCUT2D eigenvalue weighted by Crippen LogP contribution is -2.46. The maximum atomic E-state index is 13.6. The Balaban J connectivity index is 1.58. The van der Waals surface area contributed by atoms with E-state index in [4.69, 9.17) is 4.74 Å². The van der Waals surface area contributed by atoms with Crippen molar-refractivity contribution in [2.24, 2.45) is 11.8 Å². The molecule has 0 saturated carbocycles. The number of Topliss-reactive ketones (excluding diaryl/α,β-unsaturated/α-hetero) is 1. The van der Waals surface area contributed by atoms with Gasteiger partial charge >= 0.3 is 0 Å². The number of nitrogens with zero attached hydrogens (tertiary/aromatic N) is 3. The van der Waals surface area contributed by atoms with Crippen LogP contribution in [0.3, 0.4) is 0 Å². The molecule has 3 fully saturated rings. The van der Waals surface area contributed by atoms with Crippen molar-refractivity contribution in [3.05, 3.63) is 64.0 Å². The molecule has 33 heavy (non-hydrogen) atoms. The molecule has 0 spiro atoms. The third-order valence-corrected chi connectivity index (χ3v) is 6.86. The lowest BCUT2D eigenvalue weighted by atomic mass is 9.85. The fourth-order valence-corrected chi connectivity index (χ4v) is 5.50. The van der Waals surface area contributed by atoms with Crippen LogP contribution in [-0.2, 0) is 9.59 Å². The van der Waals surface area contributed by atoms with Crippen LogP contribution >= 0.6 is 0 Å². The molecule has 9 nitrogen and oxygen atoms in total. The van der Waals surface area contributed by atoms with Gasteiger partial charge in [0.2, 0.25) is 11.8 Å². The van der Waals surface area contributed by atoms with Crippen molar-refractivity contribution in [1.82, 2.24) is 4.90 Å². The highest BCUT2D eigenvalue weighted by Gasteiger charge is 2.65. The van der Waals surface area contributed by atoms with Crippen molar-refractivity contribution in [2.45, 2.75) is 24.9 Å².